The third kappa shape index (κ3) is 4.01. The highest BCUT2D eigenvalue weighted by atomic mass is 19.1. The van der Waals surface area contributed by atoms with Crippen molar-refractivity contribution in [2.75, 3.05) is 13.7 Å². The molecule has 0 aliphatic rings. The summed E-state index contributed by atoms with van der Waals surface area (Å²) >= 11 is 0. The number of hydrogen-bond donors (Lipinski definition) is 1. The Labute approximate surface area is 124 Å². The van der Waals surface area contributed by atoms with Crippen LogP contribution in [0.4, 0.5) is 4.39 Å². The second kappa shape index (κ2) is 7.17. The van der Waals surface area contributed by atoms with Gasteiger partial charge in [0.05, 0.1) is 20.2 Å². The molecule has 0 saturated carbocycles. The quantitative estimate of drug-likeness (QED) is 0.850. The molecular formula is C15H21FN4O. The molecule has 2 rings (SSSR count). The molecule has 0 unspecified atom stereocenters. The van der Waals surface area contributed by atoms with E-state index in [1.54, 1.807) is 22.9 Å². The van der Waals surface area contributed by atoms with E-state index in [0.717, 1.165) is 12.4 Å². The Hall–Kier alpha value is -1.95. The zero-order valence-corrected chi connectivity index (χ0v) is 12.6. The summed E-state index contributed by atoms with van der Waals surface area (Å²) in [7, 11) is 1.46. The van der Waals surface area contributed by atoms with Crippen LogP contribution in [-0.2, 0) is 13.1 Å². The number of benzene rings is 1. The van der Waals surface area contributed by atoms with Crippen molar-refractivity contribution in [3.8, 4) is 5.75 Å². The molecule has 0 saturated heterocycles. The predicted octanol–water partition coefficient (Wildman–Crippen LogP) is 2.22. The van der Waals surface area contributed by atoms with Gasteiger partial charge >= 0.3 is 0 Å². The fraction of sp³-hybridized carbons (Fsp3) is 0.467. The minimum absolute atomic E-state index is 0.243. The molecule has 2 aromatic rings. The molecule has 0 fully saturated rings. The van der Waals surface area contributed by atoms with E-state index in [0.29, 0.717) is 24.6 Å². The van der Waals surface area contributed by atoms with Crippen molar-refractivity contribution >= 4 is 0 Å². The van der Waals surface area contributed by atoms with Gasteiger partial charge in [0, 0.05) is 5.56 Å². The van der Waals surface area contributed by atoms with Gasteiger partial charge in [0.2, 0.25) is 0 Å². The molecule has 1 N–H and O–H groups in total. The molecule has 0 bridgehead atoms. The van der Waals surface area contributed by atoms with E-state index in [-0.39, 0.29) is 11.6 Å². The number of methoxy groups -OCH3 is 1. The van der Waals surface area contributed by atoms with Gasteiger partial charge in [-0.25, -0.2) is 14.1 Å². The van der Waals surface area contributed by atoms with Crippen molar-refractivity contribution in [2.45, 2.75) is 26.9 Å². The summed E-state index contributed by atoms with van der Waals surface area (Å²) in [5.41, 5.74) is 0.532. The molecule has 5 nitrogen and oxygen atoms in total. The van der Waals surface area contributed by atoms with Crippen LogP contribution in [0.3, 0.4) is 0 Å². The standard InChI is InChI=1S/C15H21FN4O/c1-11(2)7-17-8-14-18-10-19-20(14)9-12-5-4-6-13(21-3)15(12)16/h4-6,10-11,17H,7-9H2,1-3H3. The van der Waals surface area contributed by atoms with Crippen molar-refractivity contribution in [1.29, 1.82) is 0 Å². The first-order valence-corrected chi connectivity index (χ1v) is 7.00. The van der Waals surface area contributed by atoms with Crippen LogP contribution in [0.25, 0.3) is 0 Å². The number of aromatic nitrogens is 3. The van der Waals surface area contributed by atoms with Gasteiger partial charge in [-0.15, -0.1) is 0 Å². The molecule has 1 aromatic heterocycles. The highest BCUT2D eigenvalue weighted by molar-refractivity contribution is 5.31. The molecule has 21 heavy (non-hydrogen) atoms. The van der Waals surface area contributed by atoms with Crippen LogP contribution in [0.15, 0.2) is 24.5 Å². The van der Waals surface area contributed by atoms with Gasteiger partial charge in [0.25, 0.3) is 0 Å². The Morgan fingerprint density at radius 2 is 2.19 bits per heavy atom. The number of halogens is 1. The van der Waals surface area contributed by atoms with Gasteiger partial charge in [0.15, 0.2) is 11.6 Å². The van der Waals surface area contributed by atoms with Crippen LogP contribution in [0, 0.1) is 11.7 Å². The van der Waals surface area contributed by atoms with Crippen LogP contribution in [0.1, 0.15) is 25.2 Å². The third-order valence-electron chi connectivity index (χ3n) is 3.11. The monoisotopic (exact) mass is 292 g/mol. The number of nitrogens with zero attached hydrogens (tertiary/aromatic N) is 3. The second-order valence-corrected chi connectivity index (χ2v) is 5.29. The van der Waals surface area contributed by atoms with E-state index in [2.05, 4.69) is 29.2 Å². The summed E-state index contributed by atoms with van der Waals surface area (Å²) in [6, 6.07) is 5.10. The minimum Gasteiger partial charge on any atom is -0.494 e. The summed E-state index contributed by atoms with van der Waals surface area (Å²) in [6.07, 6.45) is 1.49. The largest absolute Gasteiger partial charge is 0.494 e. The molecule has 0 atom stereocenters. The summed E-state index contributed by atoms with van der Waals surface area (Å²) in [5.74, 6) is 1.25. The van der Waals surface area contributed by atoms with E-state index >= 15 is 0 Å². The van der Waals surface area contributed by atoms with Gasteiger partial charge < -0.3 is 10.1 Å². The minimum atomic E-state index is -0.350. The topological polar surface area (TPSA) is 52.0 Å². The Morgan fingerprint density at radius 1 is 1.38 bits per heavy atom. The van der Waals surface area contributed by atoms with Crippen LogP contribution in [0.5, 0.6) is 5.75 Å². The molecule has 114 valence electrons. The second-order valence-electron chi connectivity index (χ2n) is 5.29. The van der Waals surface area contributed by atoms with Crippen molar-refractivity contribution in [1.82, 2.24) is 20.1 Å². The third-order valence-corrected chi connectivity index (χ3v) is 3.11. The molecule has 0 aliphatic carbocycles. The molecule has 1 heterocycles. The van der Waals surface area contributed by atoms with Crippen LogP contribution < -0.4 is 10.1 Å². The lowest BCUT2D eigenvalue weighted by Gasteiger charge is -2.10. The van der Waals surface area contributed by atoms with Crippen molar-refractivity contribution in [3.05, 3.63) is 41.7 Å². The van der Waals surface area contributed by atoms with E-state index in [9.17, 15) is 4.39 Å². The van der Waals surface area contributed by atoms with Crippen molar-refractivity contribution < 1.29 is 9.13 Å². The maximum atomic E-state index is 14.2. The van der Waals surface area contributed by atoms with E-state index in [4.69, 9.17) is 4.74 Å². The van der Waals surface area contributed by atoms with E-state index in [1.165, 1.54) is 13.4 Å². The molecule has 1 aromatic carbocycles. The number of ether oxygens (including phenoxy) is 1. The fourth-order valence-electron chi connectivity index (χ4n) is 2.03. The molecule has 0 aliphatic heterocycles. The average molecular weight is 292 g/mol. The summed E-state index contributed by atoms with van der Waals surface area (Å²) in [6.45, 7) is 6.14. The smallest absolute Gasteiger partial charge is 0.170 e. The summed E-state index contributed by atoms with van der Waals surface area (Å²) in [4.78, 5) is 4.22. The normalized spacial score (nSPS) is 11.1. The predicted molar refractivity (Wildman–Crippen MR) is 78.6 cm³/mol. The zero-order chi connectivity index (χ0) is 15.2. The molecule has 6 heteroatoms. The first-order valence-electron chi connectivity index (χ1n) is 7.00. The van der Waals surface area contributed by atoms with Gasteiger partial charge in [-0.3, -0.25) is 0 Å². The van der Waals surface area contributed by atoms with E-state index < -0.39 is 0 Å². The molecular weight excluding hydrogens is 271 g/mol. The summed E-state index contributed by atoms with van der Waals surface area (Å²) < 4.78 is 20.8. The SMILES string of the molecule is COc1cccc(Cn2ncnc2CNCC(C)C)c1F. The van der Waals surface area contributed by atoms with E-state index in [1.807, 2.05) is 0 Å². The van der Waals surface area contributed by atoms with Crippen LogP contribution in [-0.4, -0.2) is 28.4 Å². The molecule has 0 amide bonds. The highest BCUT2D eigenvalue weighted by Gasteiger charge is 2.11. The Bertz CT molecular complexity index is 583. The average Bonchev–Trinajstić information content (AvgIpc) is 2.88. The Kier molecular flexibility index (Phi) is 5.27. The highest BCUT2D eigenvalue weighted by Crippen LogP contribution is 2.20. The number of rotatable bonds is 7. The first kappa shape index (κ1) is 15.4. The zero-order valence-electron chi connectivity index (χ0n) is 12.6. The van der Waals surface area contributed by atoms with Crippen LogP contribution in [0.2, 0.25) is 0 Å². The summed E-state index contributed by atoms with van der Waals surface area (Å²) in [5, 5.41) is 7.47. The fourth-order valence-corrected chi connectivity index (χ4v) is 2.03. The van der Waals surface area contributed by atoms with Gasteiger partial charge in [0.1, 0.15) is 12.2 Å². The number of nitrogens with one attached hydrogen (secondary N) is 1. The van der Waals surface area contributed by atoms with Crippen molar-refractivity contribution in [3.63, 3.8) is 0 Å². The Morgan fingerprint density at radius 3 is 2.90 bits per heavy atom. The number of hydrogen-bond acceptors (Lipinski definition) is 4. The lowest BCUT2D eigenvalue weighted by atomic mass is 10.2. The maximum absolute atomic E-state index is 14.2. The van der Waals surface area contributed by atoms with Crippen molar-refractivity contribution in [2.24, 2.45) is 5.92 Å². The lowest BCUT2D eigenvalue weighted by molar-refractivity contribution is 0.383. The lowest BCUT2D eigenvalue weighted by Crippen LogP contribution is -2.22. The molecule has 0 radical (unpaired) electrons. The molecule has 0 spiro atoms. The first-order chi connectivity index (χ1) is 10.1. The van der Waals surface area contributed by atoms with Gasteiger partial charge in [-0.2, -0.15) is 5.10 Å². The van der Waals surface area contributed by atoms with Gasteiger partial charge in [-0.1, -0.05) is 26.0 Å². The van der Waals surface area contributed by atoms with Gasteiger partial charge in [-0.05, 0) is 18.5 Å². The maximum Gasteiger partial charge on any atom is 0.170 e. The Balaban J connectivity index is 2.08. The van der Waals surface area contributed by atoms with Crippen LogP contribution >= 0.6 is 0 Å².